The zero-order valence-electron chi connectivity index (χ0n) is 25.9. The minimum atomic E-state index is -0.869. The van der Waals surface area contributed by atoms with Gasteiger partial charge < -0.3 is 0 Å². The lowest BCUT2D eigenvalue weighted by Gasteiger charge is -2.40. The predicted molar refractivity (Wildman–Crippen MR) is 193 cm³/mol. The van der Waals surface area contributed by atoms with Crippen LogP contribution in [0.4, 0.5) is 5.82 Å². The van der Waals surface area contributed by atoms with Crippen molar-refractivity contribution in [2.75, 3.05) is 0 Å². The summed E-state index contributed by atoms with van der Waals surface area (Å²) < 4.78 is 10.1. The first-order valence-electron chi connectivity index (χ1n) is 16.9. The van der Waals surface area contributed by atoms with Gasteiger partial charge >= 0.3 is 17.6 Å². The van der Waals surface area contributed by atoms with Gasteiger partial charge in [-0.15, -0.1) is 9.15 Å². The van der Waals surface area contributed by atoms with Gasteiger partial charge in [0, 0.05) is 34.1 Å². The predicted octanol–water partition coefficient (Wildman–Crippen LogP) is 6.64. The largest absolute Gasteiger partial charge is 0.441 e. The maximum Gasteiger partial charge on any atom is 0.441 e. The first-order chi connectivity index (χ1) is 24.3. The van der Waals surface area contributed by atoms with Crippen molar-refractivity contribution < 1.29 is 9.15 Å². The lowest BCUT2D eigenvalue weighted by atomic mass is 9.99. The summed E-state index contributed by atoms with van der Waals surface area (Å²) in [7, 11) is 0. The summed E-state index contributed by atoms with van der Waals surface area (Å²) in [4.78, 5) is 11.3. The molecule has 49 heavy (non-hydrogen) atoms. The van der Waals surface area contributed by atoms with Crippen LogP contribution >= 0.6 is 0 Å². The van der Waals surface area contributed by atoms with Crippen LogP contribution in [0, 0.1) is 0 Å². The van der Waals surface area contributed by atoms with Crippen molar-refractivity contribution >= 4 is 84.1 Å². The Hall–Kier alpha value is -6.66. The highest BCUT2D eigenvalue weighted by atomic mass is 15.7. The van der Waals surface area contributed by atoms with E-state index in [4.69, 9.17) is 9.98 Å². The molecule has 8 heterocycles. The minimum Gasteiger partial charge on any atom is -0.203 e. The Morgan fingerprint density at radius 3 is 1.96 bits per heavy atom. The van der Waals surface area contributed by atoms with Crippen molar-refractivity contribution in [1.29, 1.82) is 0 Å². The molecule has 6 heteroatoms. The van der Waals surface area contributed by atoms with Gasteiger partial charge in [-0.2, -0.15) is 0 Å². The Morgan fingerprint density at radius 2 is 1.16 bits per heavy atom. The number of aromatic nitrogens is 2. The Labute approximate surface area is 277 Å². The minimum absolute atomic E-state index is 0.869. The molecule has 6 aliphatic rings. The van der Waals surface area contributed by atoms with Crippen LogP contribution in [-0.2, 0) is 5.91 Å². The molecule has 0 aliphatic carbocycles. The van der Waals surface area contributed by atoms with E-state index in [9.17, 15) is 0 Å². The van der Waals surface area contributed by atoms with E-state index in [0.29, 0.717) is 0 Å². The number of amidine groups is 2. The van der Waals surface area contributed by atoms with Gasteiger partial charge in [-0.3, -0.25) is 0 Å². The van der Waals surface area contributed by atoms with Gasteiger partial charge in [-0.1, -0.05) is 78.9 Å². The molecule has 1 atom stereocenters. The molecular weight excluding hydrogens is 601 g/mol. The molecular formula is C43H22N6+2. The first-order valence-corrected chi connectivity index (χ1v) is 16.9. The fourth-order valence-corrected chi connectivity index (χ4v) is 9.78. The van der Waals surface area contributed by atoms with Crippen LogP contribution in [0.3, 0.4) is 0 Å². The third-order valence-corrected chi connectivity index (χ3v) is 11.7. The number of nitrogens with zero attached hydrogens (tertiary/aromatic N) is 6. The van der Waals surface area contributed by atoms with E-state index < -0.39 is 5.91 Å². The highest BCUT2D eigenvalue weighted by molar-refractivity contribution is 6.30. The summed E-state index contributed by atoms with van der Waals surface area (Å²) in [6.07, 6.45) is 4.77. The van der Waals surface area contributed by atoms with Gasteiger partial charge in [0.05, 0.1) is 32.9 Å². The van der Waals surface area contributed by atoms with E-state index in [1.54, 1.807) is 0 Å². The molecule has 6 aromatic carbocycles. The average Bonchev–Trinajstić information content (AvgIpc) is 3.85. The van der Waals surface area contributed by atoms with E-state index in [1.165, 1.54) is 65.9 Å². The van der Waals surface area contributed by atoms with Crippen molar-refractivity contribution in [3.05, 3.63) is 160 Å². The molecule has 222 valence electrons. The summed E-state index contributed by atoms with van der Waals surface area (Å²) in [6, 6.07) is 44.4. The lowest BCUT2D eigenvalue weighted by Crippen LogP contribution is -2.70. The fraction of sp³-hybridized carbons (Fsp3) is 0.0233. The standard InChI is InChI=1S/C43H22N6/c1-3-11-25-19-33-31(17-23(25)9-1)37-22-38-32-18-24-10-2-4-12-26(24)20-34(32)42-45-40-30-16-8-6-14-28(30)36-21-35-27-13-5-7-15-29(27)39-44-41(33)48(37)43(46(35)39,47(36)40)49(38)42/h1-22H/q+2. The Kier molecular flexibility index (Phi) is 3.57. The third kappa shape index (κ3) is 2.34. The second-order valence-electron chi connectivity index (χ2n) is 13.9. The van der Waals surface area contributed by atoms with E-state index in [2.05, 4.69) is 152 Å². The molecule has 0 saturated carbocycles. The zero-order chi connectivity index (χ0) is 31.3. The molecule has 8 aromatic rings. The SMILES string of the molecule is C1=C2c3ccccc3C3=[N+]2C24n5c1c1ccccc1c5N=C1c5cc6ccccc6cc5C(=[N+]12)C=c1c2cc5ccccc5cc2c(n14)=N3. The molecule has 0 bridgehead atoms. The summed E-state index contributed by atoms with van der Waals surface area (Å²) in [5.41, 5.74) is 9.22. The average molecular weight is 623 g/mol. The van der Waals surface area contributed by atoms with Gasteiger partial charge in [0.15, 0.2) is 0 Å². The summed E-state index contributed by atoms with van der Waals surface area (Å²) >= 11 is 0. The molecule has 1 unspecified atom stereocenters. The van der Waals surface area contributed by atoms with Gasteiger partial charge in [0.2, 0.25) is 0 Å². The van der Waals surface area contributed by atoms with Gasteiger partial charge in [-0.25, -0.2) is 9.13 Å². The van der Waals surface area contributed by atoms with Crippen molar-refractivity contribution in [3.63, 3.8) is 0 Å². The summed E-state index contributed by atoms with van der Waals surface area (Å²) in [5.74, 6) is 2.07. The van der Waals surface area contributed by atoms with E-state index in [1.807, 2.05) is 0 Å². The number of fused-ring (bicyclic) bond motifs is 14. The Morgan fingerprint density at radius 1 is 0.510 bits per heavy atom. The molecule has 0 N–H and O–H groups in total. The van der Waals surface area contributed by atoms with Crippen LogP contribution in [0.1, 0.15) is 27.9 Å². The van der Waals surface area contributed by atoms with Crippen molar-refractivity contribution in [2.45, 2.75) is 5.91 Å². The monoisotopic (exact) mass is 622 g/mol. The second kappa shape index (κ2) is 7.40. The normalized spacial score (nSPS) is 19.5. The molecule has 2 aromatic heterocycles. The molecule has 6 aliphatic heterocycles. The van der Waals surface area contributed by atoms with Crippen LogP contribution in [0.25, 0.3) is 60.9 Å². The lowest BCUT2D eigenvalue weighted by molar-refractivity contribution is -0.798. The number of aliphatic imine (C=N–C) groups is 1. The van der Waals surface area contributed by atoms with E-state index in [-0.39, 0.29) is 0 Å². The fourth-order valence-electron chi connectivity index (χ4n) is 9.78. The highest BCUT2D eigenvalue weighted by Crippen LogP contribution is 2.53. The van der Waals surface area contributed by atoms with Crippen LogP contribution in [0.2, 0.25) is 0 Å². The molecule has 0 amide bonds. The molecule has 0 saturated heterocycles. The number of benzene rings is 6. The maximum atomic E-state index is 5.65. The van der Waals surface area contributed by atoms with Gasteiger partial charge in [0.1, 0.15) is 11.4 Å². The number of rotatable bonds is 0. The van der Waals surface area contributed by atoms with Crippen molar-refractivity contribution in [3.8, 4) is 0 Å². The highest BCUT2D eigenvalue weighted by Gasteiger charge is 2.69. The Bertz CT molecular complexity index is 3330. The number of hydrogen-bond donors (Lipinski definition) is 0. The van der Waals surface area contributed by atoms with Crippen LogP contribution in [0.15, 0.2) is 131 Å². The molecule has 0 fully saturated rings. The maximum absolute atomic E-state index is 5.65. The second-order valence-corrected chi connectivity index (χ2v) is 13.9. The van der Waals surface area contributed by atoms with Crippen LogP contribution in [0.5, 0.6) is 0 Å². The number of hydrogen-bond acceptors (Lipinski definition) is 2. The van der Waals surface area contributed by atoms with Gasteiger partial charge in [0.25, 0.3) is 11.3 Å². The van der Waals surface area contributed by atoms with E-state index in [0.717, 1.165) is 44.9 Å². The van der Waals surface area contributed by atoms with Crippen molar-refractivity contribution in [2.24, 2.45) is 9.98 Å². The summed E-state index contributed by atoms with van der Waals surface area (Å²) in [6.45, 7) is 0. The molecule has 14 rings (SSSR count). The smallest absolute Gasteiger partial charge is 0.203 e. The third-order valence-electron chi connectivity index (χ3n) is 11.7. The molecule has 6 nitrogen and oxygen atoms in total. The van der Waals surface area contributed by atoms with E-state index >= 15 is 0 Å². The van der Waals surface area contributed by atoms with Crippen molar-refractivity contribution in [1.82, 2.24) is 9.13 Å². The van der Waals surface area contributed by atoms with Crippen LogP contribution < -0.4 is 10.8 Å². The first kappa shape index (κ1) is 23.6. The van der Waals surface area contributed by atoms with Crippen LogP contribution in [-0.4, -0.2) is 35.7 Å². The van der Waals surface area contributed by atoms with Gasteiger partial charge in [-0.05, 0) is 74.0 Å². The summed E-state index contributed by atoms with van der Waals surface area (Å²) in [5, 5.41) is 10.8. The zero-order valence-corrected chi connectivity index (χ0v) is 25.9. The quantitative estimate of drug-likeness (QED) is 0.170. The topological polar surface area (TPSA) is 40.6 Å². The molecule has 0 radical (unpaired) electrons. The Balaban J connectivity index is 1.30. The molecule has 1 spiro atoms.